The molecule has 1 atom stereocenters. The second-order valence-corrected chi connectivity index (χ2v) is 10.3. The Morgan fingerprint density at radius 3 is 2.47 bits per heavy atom. The minimum atomic E-state index is -3.83. The van der Waals surface area contributed by atoms with Crippen LogP contribution in [-0.4, -0.2) is 63.5 Å². The van der Waals surface area contributed by atoms with E-state index in [1.54, 1.807) is 43.5 Å². The molecule has 0 bridgehead atoms. The number of hydrogen-bond acceptors (Lipinski definition) is 5. The van der Waals surface area contributed by atoms with Gasteiger partial charge in [-0.15, -0.1) is 0 Å². The molecule has 2 fully saturated rings. The molecule has 0 saturated carbocycles. The molecule has 2 saturated heterocycles. The summed E-state index contributed by atoms with van der Waals surface area (Å²) in [6.45, 7) is 5.68. The van der Waals surface area contributed by atoms with Gasteiger partial charge < -0.3 is 14.5 Å². The number of hydrogen-bond donors (Lipinski definition) is 1. The minimum absolute atomic E-state index is 0.0781. The van der Waals surface area contributed by atoms with E-state index < -0.39 is 10.0 Å². The third-order valence-electron chi connectivity index (χ3n) is 6.40. The maximum absolute atomic E-state index is 13.4. The first-order valence-corrected chi connectivity index (χ1v) is 12.7. The molecule has 0 aromatic heterocycles. The molecule has 0 aliphatic carbocycles. The van der Waals surface area contributed by atoms with Crippen molar-refractivity contribution in [1.82, 2.24) is 9.80 Å². The molecule has 2 aliphatic heterocycles. The topological polar surface area (TPSA) is 78.9 Å². The second-order valence-electron chi connectivity index (χ2n) is 8.61. The number of aryl methyl sites for hydroxylation is 1. The van der Waals surface area contributed by atoms with Gasteiger partial charge in [-0.25, -0.2) is 8.42 Å². The standard InChI is InChI=1S/C24H31N3O4S/c1-18-7-12-22(32(29,30)25-19-8-10-21(31-2)11-9-19)16-23(18)24(28)27-15-5-6-20(27)17-26-13-3-4-14-26/h7-12,16,20,25H,3-6,13-15,17H2,1-2H3. The molecule has 32 heavy (non-hydrogen) atoms. The van der Waals surface area contributed by atoms with E-state index in [9.17, 15) is 13.2 Å². The molecule has 0 spiro atoms. The highest BCUT2D eigenvalue weighted by atomic mass is 32.2. The van der Waals surface area contributed by atoms with Crippen LogP contribution in [0, 0.1) is 6.92 Å². The molecule has 1 unspecified atom stereocenters. The highest BCUT2D eigenvalue weighted by Crippen LogP contribution is 2.26. The number of ether oxygens (including phenoxy) is 1. The van der Waals surface area contributed by atoms with Gasteiger partial charge in [-0.05, 0) is 87.7 Å². The van der Waals surface area contributed by atoms with Crippen LogP contribution in [0.15, 0.2) is 47.4 Å². The molecule has 8 heteroatoms. The summed E-state index contributed by atoms with van der Waals surface area (Å²) >= 11 is 0. The zero-order chi connectivity index (χ0) is 22.7. The van der Waals surface area contributed by atoms with Gasteiger partial charge in [0.05, 0.1) is 12.0 Å². The number of nitrogens with zero attached hydrogens (tertiary/aromatic N) is 2. The van der Waals surface area contributed by atoms with E-state index in [-0.39, 0.29) is 16.8 Å². The largest absolute Gasteiger partial charge is 0.497 e. The summed E-state index contributed by atoms with van der Waals surface area (Å²) in [7, 11) is -2.28. The number of methoxy groups -OCH3 is 1. The summed E-state index contributed by atoms with van der Waals surface area (Å²) in [5.41, 5.74) is 1.67. The molecule has 1 amide bonds. The first-order chi connectivity index (χ1) is 15.4. The molecule has 1 N–H and O–H groups in total. The zero-order valence-electron chi connectivity index (χ0n) is 18.7. The molecule has 7 nitrogen and oxygen atoms in total. The predicted molar refractivity (Wildman–Crippen MR) is 125 cm³/mol. The lowest BCUT2D eigenvalue weighted by Gasteiger charge is -2.29. The van der Waals surface area contributed by atoms with Gasteiger partial charge in [0.25, 0.3) is 15.9 Å². The number of anilines is 1. The van der Waals surface area contributed by atoms with Gasteiger partial charge in [0.15, 0.2) is 0 Å². The van der Waals surface area contributed by atoms with Crippen molar-refractivity contribution in [3.05, 3.63) is 53.6 Å². The maximum Gasteiger partial charge on any atom is 0.261 e. The Balaban J connectivity index is 1.53. The van der Waals surface area contributed by atoms with Crippen LogP contribution in [0.25, 0.3) is 0 Å². The van der Waals surface area contributed by atoms with Gasteiger partial charge in [-0.1, -0.05) is 6.07 Å². The first kappa shape index (κ1) is 22.6. The van der Waals surface area contributed by atoms with Crippen LogP contribution in [0.5, 0.6) is 5.75 Å². The molecule has 2 aromatic carbocycles. The van der Waals surface area contributed by atoms with Gasteiger partial charge in [0, 0.05) is 30.4 Å². The van der Waals surface area contributed by atoms with E-state index in [2.05, 4.69) is 9.62 Å². The van der Waals surface area contributed by atoms with Crippen LogP contribution in [-0.2, 0) is 10.0 Å². The van der Waals surface area contributed by atoms with Crippen LogP contribution < -0.4 is 9.46 Å². The molecule has 0 radical (unpaired) electrons. The third kappa shape index (κ3) is 4.91. The monoisotopic (exact) mass is 457 g/mol. The van der Waals surface area contributed by atoms with E-state index in [1.807, 2.05) is 11.8 Å². The van der Waals surface area contributed by atoms with Crippen LogP contribution in [0.3, 0.4) is 0 Å². The molecule has 4 rings (SSSR count). The summed E-state index contributed by atoms with van der Waals surface area (Å²) in [6.07, 6.45) is 4.43. The van der Waals surface area contributed by atoms with Crippen molar-refractivity contribution >= 4 is 21.6 Å². The van der Waals surface area contributed by atoms with Gasteiger partial charge >= 0.3 is 0 Å². The highest BCUT2D eigenvalue weighted by molar-refractivity contribution is 7.92. The second kappa shape index (κ2) is 9.50. The molecular formula is C24H31N3O4S. The van der Waals surface area contributed by atoms with Crippen LogP contribution in [0.4, 0.5) is 5.69 Å². The Labute approximate surface area is 190 Å². The summed E-state index contributed by atoms with van der Waals surface area (Å²) in [6, 6.07) is 11.6. The Morgan fingerprint density at radius 2 is 1.78 bits per heavy atom. The predicted octanol–water partition coefficient (Wildman–Crippen LogP) is 3.50. The van der Waals surface area contributed by atoms with Crippen molar-refractivity contribution in [1.29, 1.82) is 0 Å². The first-order valence-electron chi connectivity index (χ1n) is 11.2. The third-order valence-corrected chi connectivity index (χ3v) is 7.78. The lowest BCUT2D eigenvalue weighted by molar-refractivity contribution is 0.0708. The van der Waals surface area contributed by atoms with Crippen molar-refractivity contribution in [2.24, 2.45) is 0 Å². The van der Waals surface area contributed by atoms with E-state index in [1.165, 1.54) is 18.9 Å². The van der Waals surface area contributed by atoms with E-state index in [0.717, 1.165) is 44.6 Å². The van der Waals surface area contributed by atoms with E-state index in [0.29, 0.717) is 17.0 Å². The number of carbonyl (C=O) groups excluding carboxylic acids is 1. The normalized spacial score (nSPS) is 19.3. The summed E-state index contributed by atoms with van der Waals surface area (Å²) in [5.74, 6) is 0.566. The van der Waals surface area contributed by atoms with Crippen LogP contribution in [0.1, 0.15) is 41.6 Å². The van der Waals surface area contributed by atoms with Crippen molar-refractivity contribution in [3.8, 4) is 5.75 Å². The number of amides is 1. The Hall–Kier alpha value is -2.58. The Kier molecular flexibility index (Phi) is 6.71. The molecule has 2 heterocycles. The van der Waals surface area contributed by atoms with Crippen molar-refractivity contribution in [2.75, 3.05) is 38.0 Å². The van der Waals surface area contributed by atoms with Crippen molar-refractivity contribution in [2.45, 2.75) is 43.5 Å². The van der Waals surface area contributed by atoms with Crippen LogP contribution in [0.2, 0.25) is 0 Å². The number of rotatable bonds is 7. The highest BCUT2D eigenvalue weighted by Gasteiger charge is 2.32. The fourth-order valence-electron chi connectivity index (χ4n) is 4.58. The smallest absolute Gasteiger partial charge is 0.261 e. The van der Waals surface area contributed by atoms with Gasteiger partial charge in [0.2, 0.25) is 0 Å². The Bertz CT molecular complexity index is 1060. The fourth-order valence-corrected chi connectivity index (χ4v) is 5.67. The average molecular weight is 458 g/mol. The number of likely N-dealkylation sites (tertiary alicyclic amines) is 2. The lowest BCUT2D eigenvalue weighted by atomic mass is 10.1. The fraction of sp³-hybridized carbons (Fsp3) is 0.458. The SMILES string of the molecule is COc1ccc(NS(=O)(=O)c2ccc(C)c(C(=O)N3CCCC3CN3CCCC3)c2)cc1. The summed E-state index contributed by atoms with van der Waals surface area (Å²) in [4.78, 5) is 17.9. The van der Waals surface area contributed by atoms with Gasteiger partial charge in [-0.3, -0.25) is 9.52 Å². The quantitative estimate of drug-likeness (QED) is 0.688. The molecule has 2 aromatic rings. The maximum atomic E-state index is 13.4. The lowest BCUT2D eigenvalue weighted by Crippen LogP contribution is -2.42. The average Bonchev–Trinajstić information content (AvgIpc) is 3.46. The van der Waals surface area contributed by atoms with Gasteiger partial charge in [-0.2, -0.15) is 0 Å². The number of benzene rings is 2. The summed E-state index contributed by atoms with van der Waals surface area (Å²) in [5, 5.41) is 0. The number of nitrogens with one attached hydrogen (secondary N) is 1. The zero-order valence-corrected chi connectivity index (χ0v) is 19.5. The molecule has 172 valence electrons. The van der Waals surface area contributed by atoms with E-state index >= 15 is 0 Å². The minimum Gasteiger partial charge on any atom is -0.497 e. The number of sulfonamides is 1. The van der Waals surface area contributed by atoms with Crippen LogP contribution >= 0.6 is 0 Å². The number of carbonyl (C=O) groups is 1. The van der Waals surface area contributed by atoms with E-state index in [4.69, 9.17) is 4.74 Å². The van der Waals surface area contributed by atoms with Crippen molar-refractivity contribution < 1.29 is 17.9 Å². The summed E-state index contributed by atoms with van der Waals surface area (Å²) < 4.78 is 33.7. The molecule has 2 aliphatic rings. The van der Waals surface area contributed by atoms with Gasteiger partial charge in [0.1, 0.15) is 5.75 Å². The van der Waals surface area contributed by atoms with Crippen molar-refractivity contribution in [3.63, 3.8) is 0 Å². The Morgan fingerprint density at radius 1 is 1.06 bits per heavy atom. The molecular weight excluding hydrogens is 426 g/mol.